The molecule has 1 aromatic heterocycles. The van der Waals surface area contributed by atoms with Gasteiger partial charge in [0.15, 0.2) is 0 Å². The molecule has 0 aliphatic rings. The molecule has 0 aliphatic carbocycles. The van der Waals surface area contributed by atoms with Gasteiger partial charge in [0, 0.05) is 43.1 Å². The van der Waals surface area contributed by atoms with E-state index in [-0.39, 0.29) is 0 Å². The van der Waals surface area contributed by atoms with Crippen molar-refractivity contribution < 1.29 is 4.74 Å². The highest BCUT2D eigenvalue weighted by Crippen LogP contribution is 2.21. The molecular formula is C12H23N3OS. The molecule has 1 rings (SSSR count). The third-order valence-electron chi connectivity index (χ3n) is 2.30. The van der Waals surface area contributed by atoms with Crippen LogP contribution < -0.4 is 5.32 Å². The Hall–Kier alpha value is -0.520. The summed E-state index contributed by atoms with van der Waals surface area (Å²) in [5, 5.41) is 8.16. The fourth-order valence-electron chi connectivity index (χ4n) is 1.48. The molecule has 0 saturated heterocycles. The second kappa shape index (κ2) is 8.55. The number of nitrogens with zero attached hydrogens (tertiary/aromatic N) is 2. The molecule has 98 valence electrons. The Labute approximate surface area is 108 Å². The lowest BCUT2D eigenvalue weighted by molar-refractivity contribution is 0.145. The van der Waals surface area contributed by atoms with E-state index in [0.29, 0.717) is 5.25 Å². The van der Waals surface area contributed by atoms with E-state index in [1.807, 2.05) is 36.6 Å². The lowest BCUT2D eigenvalue weighted by atomic mass is 10.4. The summed E-state index contributed by atoms with van der Waals surface area (Å²) in [7, 11) is 1.95. The molecule has 0 spiro atoms. The monoisotopic (exact) mass is 257 g/mol. The Kier molecular flexibility index (Phi) is 7.32. The van der Waals surface area contributed by atoms with Crippen molar-refractivity contribution in [3.05, 3.63) is 12.4 Å². The van der Waals surface area contributed by atoms with Crippen LogP contribution in [0.3, 0.4) is 0 Å². The first-order chi connectivity index (χ1) is 8.22. The molecule has 5 heteroatoms. The first kappa shape index (κ1) is 14.5. The van der Waals surface area contributed by atoms with Gasteiger partial charge in [0.05, 0.1) is 6.20 Å². The van der Waals surface area contributed by atoms with Crippen LogP contribution in [0, 0.1) is 0 Å². The number of thioether (sulfide) groups is 1. The second-order valence-electron chi connectivity index (χ2n) is 4.03. The van der Waals surface area contributed by atoms with Gasteiger partial charge < -0.3 is 10.1 Å². The Morgan fingerprint density at radius 3 is 3.06 bits per heavy atom. The highest BCUT2D eigenvalue weighted by atomic mass is 32.2. The molecule has 0 saturated carbocycles. The van der Waals surface area contributed by atoms with Crippen molar-refractivity contribution in [3.63, 3.8) is 0 Å². The number of rotatable bonds is 9. The van der Waals surface area contributed by atoms with Crippen molar-refractivity contribution in [2.24, 2.45) is 7.05 Å². The van der Waals surface area contributed by atoms with Crippen molar-refractivity contribution in [2.75, 3.05) is 26.3 Å². The summed E-state index contributed by atoms with van der Waals surface area (Å²) in [4.78, 5) is 1.23. The minimum absolute atomic E-state index is 0.561. The maximum Gasteiger partial charge on any atom is 0.0625 e. The molecule has 1 aromatic rings. The summed E-state index contributed by atoms with van der Waals surface area (Å²) in [5.41, 5.74) is 0. The lowest BCUT2D eigenvalue weighted by Gasteiger charge is -2.11. The molecule has 0 aromatic carbocycles. The van der Waals surface area contributed by atoms with Gasteiger partial charge in [-0.25, -0.2) is 0 Å². The lowest BCUT2D eigenvalue weighted by Crippen LogP contribution is -2.24. The molecule has 1 atom stereocenters. The number of hydrogen-bond acceptors (Lipinski definition) is 4. The third-order valence-corrected chi connectivity index (χ3v) is 3.35. The molecule has 0 fully saturated rings. The van der Waals surface area contributed by atoms with Gasteiger partial charge in [0.1, 0.15) is 0 Å². The highest BCUT2D eigenvalue weighted by molar-refractivity contribution is 8.00. The van der Waals surface area contributed by atoms with Crippen LogP contribution in [0.1, 0.15) is 20.3 Å². The molecule has 0 bridgehead atoms. The molecule has 1 N–H and O–H groups in total. The van der Waals surface area contributed by atoms with Crippen LogP contribution in [0.5, 0.6) is 0 Å². The van der Waals surface area contributed by atoms with Gasteiger partial charge in [0.2, 0.25) is 0 Å². The van der Waals surface area contributed by atoms with E-state index < -0.39 is 0 Å². The van der Waals surface area contributed by atoms with Gasteiger partial charge in [-0.05, 0) is 19.9 Å². The average Bonchev–Trinajstić information content (AvgIpc) is 2.69. The number of nitrogens with one attached hydrogen (secondary N) is 1. The molecule has 4 nitrogen and oxygen atoms in total. The van der Waals surface area contributed by atoms with Crippen molar-refractivity contribution in [2.45, 2.75) is 30.4 Å². The van der Waals surface area contributed by atoms with E-state index in [1.165, 1.54) is 4.90 Å². The summed E-state index contributed by atoms with van der Waals surface area (Å²) in [5.74, 6) is 0. The molecule has 1 heterocycles. The summed E-state index contributed by atoms with van der Waals surface area (Å²) < 4.78 is 7.12. The molecule has 17 heavy (non-hydrogen) atoms. The smallest absolute Gasteiger partial charge is 0.0625 e. The molecule has 1 unspecified atom stereocenters. The fraction of sp³-hybridized carbons (Fsp3) is 0.750. The minimum atomic E-state index is 0.561. The number of aromatic nitrogens is 2. The van der Waals surface area contributed by atoms with Gasteiger partial charge in [-0.15, -0.1) is 11.8 Å². The second-order valence-corrected chi connectivity index (χ2v) is 5.54. The molecule has 0 radical (unpaired) electrons. The predicted molar refractivity (Wildman–Crippen MR) is 72.5 cm³/mol. The Morgan fingerprint density at radius 2 is 2.41 bits per heavy atom. The van der Waals surface area contributed by atoms with Crippen LogP contribution in [0.25, 0.3) is 0 Å². The Morgan fingerprint density at radius 1 is 1.59 bits per heavy atom. The zero-order valence-corrected chi connectivity index (χ0v) is 11.8. The van der Waals surface area contributed by atoms with Gasteiger partial charge >= 0.3 is 0 Å². The normalized spacial score (nSPS) is 12.9. The van der Waals surface area contributed by atoms with Crippen LogP contribution in [0.15, 0.2) is 17.3 Å². The van der Waals surface area contributed by atoms with E-state index in [0.717, 1.165) is 32.7 Å². The Balaban J connectivity index is 2.03. The van der Waals surface area contributed by atoms with Crippen LogP contribution in [0.2, 0.25) is 0 Å². The maximum absolute atomic E-state index is 5.28. The van der Waals surface area contributed by atoms with E-state index >= 15 is 0 Å². The van der Waals surface area contributed by atoms with Crippen LogP contribution in [-0.4, -0.2) is 41.3 Å². The van der Waals surface area contributed by atoms with Crippen LogP contribution in [-0.2, 0) is 11.8 Å². The van der Waals surface area contributed by atoms with E-state index in [4.69, 9.17) is 4.74 Å². The Bertz CT molecular complexity index is 304. The van der Waals surface area contributed by atoms with Crippen molar-refractivity contribution in [1.82, 2.24) is 15.1 Å². The summed E-state index contributed by atoms with van der Waals surface area (Å²) in [6, 6.07) is 0. The van der Waals surface area contributed by atoms with Crippen LogP contribution >= 0.6 is 11.8 Å². The zero-order valence-electron chi connectivity index (χ0n) is 11.0. The minimum Gasteiger partial charge on any atom is -0.382 e. The van der Waals surface area contributed by atoms with E-state index in [1.54, 1.807) is 0 Å². The first-order valence-electron chi connectivity index (χ1n) is 6.16. The van der Waals surface area contributed by atoms with Crippen LogP contribution in [0.4, 0.5) is 0 Å². The van der Waals surface area contributed by atoms with Gasteiger partial charge in [-0.3, -0.25) is 4.68 Å². The van der Waals surface area contributed by atoms with Crippen molar-refractivity contribution >= 4 is 11.8 Å². The topological polar surface area (TPSA) is 39.1 Å². The highest BCUT2D eigenvalue weighted by Gasteiger charge is 2.05. The standard InChI is InChI=1S/C12H23N3OS/c1-4-16-7-5-6-13-8-11(2)17-12-9-14-15(3)10-12/h9-11,13H,4-8H2,1-3H3. The van der Waals surface area contributed by atoms with E-state index in [9.17, 15) is 0 Å². The molecule has 0 amide bonds. The number of aryl methyl sites for hydroxylation is 1. The fourth-order valence-corrected chi connectivity index (χ4v) is 2.47. The quantitative estimate of drug-likeness (QED) is 0.542. The largest absolute Gasteiger partial charge is 0.382 e. The summed E-state index contributed by atoms with van der Waals surface area (Å²) in [6.45, 7) is 7.97. The molecule has 0 aliphatic heterocycles. The van der Waals surface area contributed by atoms with Gasteiger partial charge in [-0.1, -0.05) is 6.92 Å². The predicted octanol–water partition coefficient (Wildman–Crippen LogP) is 1.92. The summed E-state index contributed by atoms with van der Waals surface area (Å²) in [6.07, 6.45) is 5.05. The SMILES string of the molecule is CCOCCCNCC(C)Sc1cnn(C)c1. The maximum atomic E-state index is 5.28. The summed E-state index contributed by atoms with van der Waals surface area (Å²) >= 11 is 1.86. The number of hydrogen-bond donors (Lipinski definition) is 1. The zero-order chi connectivity index (χ0) is 12.5. The molecular weight excluding hydrogens is 234 g/mol. The van der Waals surface area contributed by atoms with Gasteiger partial charge in [0.25, 0.3) is 0 Å². The average molecular weight is 257 g/mol. The van der Waals surface area contributed by atoms with E-state index in [2.05, 4.69) is 23.5 Å². The van der Waals surface area contributed by atoms with Gasteiger partial charge in [-0.2, -0.15) is 5.10 Å². The van der Waals surface area contributed by atoms with Crippen molar-refractivity contribution in [3.8, 4) is 0 Å². The van der Waals surface area contributed by atoms with Crippen molar-refractivity contribution in [1.29, 1.82) is 0 Å². The third kappa shape index (κ3) is 6.71. The number of ether oxygens (including phenoxy) is 1. The first-order valence-corrected chi connectivity index (χ1v) is 7.04.